The summed E-state index contributed by atoms with van der Waals surface area (Å²) in [5.74, 6) is 0.410. The van der Waals surface area contributed by atoms with Crippen molar-refractivity contribution in [3.63, 3.8) is 0 Å². The molecule has 0 aliphatic carbocycles. The highest BCUT2D eigenvalue weighted by molar-refractivity contribution is 7.20. The maximum atomic E-state index is 13.1. The summed E-state index contributed by atoms with van der Waals surface area (Å²) < 4.78 is 44.1. The molecule has 2 amide bonds. The number of rotatable bonds is 4. The van der Waals surface area contributed by atoms with Gasteiger partial charge < -0.3 is 14.5 Å². The van der Waals surface area contributed by atoms with Gasteiger partial charge in [0.05, 0.1) is 18.4 Å². The van der Waals surface area contributed by atoms with E-state index in [1.807, 2.05) is 24.3 Å². The van der Waals surface area contributed by atoms with Gasteiger partial charge in [-0.3, -0.25) is 9.59 Å². The van der Waals surface area contributed by atoms with Crippen molar-refractivity contribution >= 4 is 33.4 Å². The van der Waals surface area contributed by atoms with Crippen molar-refractivity contribution < 1.29 is 27.5 Å². The van der Waals surface area contributed by atoms with Gasteiger partial charge in [0.25, 0.3) is 5.91 Å². The monoisotopic (exact) mass is 477 g/mol. The molecule has 3 heterocycles. The van der Waals surface area contributed by atoms with Crippen molar-refractivity contribution in [2.45, 2.75) is 19.5 Å². The molecule has 1 aliphatic rings. The third-order valence-electron chi connectivity index (χ3n) is 5.70. The number of carbonyl (C=O) groups is 2. The van der Waals surface area contributed by atoms with Crippen LogP contribution in [0.3, 0.4) is 0 Å². The number of fused-ring (bicyclic) bond motifs is 1. The number of aryl methyl sites for hydroxylation is 1. The first kappa shape index (κ1) is 23.0. The fourth-order valence-electron chi connectivity index (χ4n) is 3.83. The number of hydrogen-bond acceptors (Lipinski definition) is 5. The van der Waals surface area contributed by atoms with E-state index in [2.05, 4.69) is 4.98 Å². The van der Waals surface area contributed by atoms with Crippen molar-refractivity contribution in [1.82, 2.24) is 14.8 Å². The summed E-state index contributed by atoms with van der Waals surface area (Å²) in [6.07, 6.45) is -4.29. The Bertz CT molecular complexity index is 1200. The third-order valence-corrected chi connectivity index (χ3v) is 6.89. The highest BCUT2D eigenvalue weighted by Crippen LogP contribution is 2.34. The van der Waals surface area contributed by atoms with Gasteiger partial charge in [0.1, 0.15) is 16.3 Å². The number of thiophene rings is 1. The Labute approximate surface area is 192 Å². The zero-order valence-electron chi connectivity index (χ0n) is 18.1. The van der Waals surface area contributed by atoms with Gasteiger partial charge in [-0.05, 0) is 42.3 Å². The maximum Gasteiger partial charge on any atom is 0.433 e. The normalized spacial score (nSPS) is 14.6. The van der Waals surface area contributed by atoms with Gasteiger partial charge >= 0.3 is 6.18 Å². The van der Waals surface area contributed by atoms with Crippen LogP contribution in [-0.2, 0) is 17.4 Å². The number of piperazine rings is 1. The average molecular weight is 478 g/mol. The Morgan fingerprint density at radius 1 is 1.09 bits per heavy atom. The molecular formula is C23H22F3N3O3S. The first-order valence-corrected chi connectivity index (χ1v) is 11.2. The van der Waals surface area contributed by atoms with Crippen LogP contribution < -0.4 is 4.74 Å². The van der Waals surface area contributed by atoms with E-state index in [1.165, 1.54) is 6.07 Å². The molecule has 0 radical (unpaired) electrons. The highest BCUT2D eigenvalue weighted by Gasteiger charge is 2.33. The lowest BCUT2D eigenvalue weighted by Gasteiger charge is -2.34. The van der Waals surface area contributed by atoms with Crippen molar-refractivity contribution in [3.8, 4) is 5.75 Å². The molecule has 0 bridgehead atoms. The van der Waals surface area contributed by atoms with E-state index < -0.39 is 11.9 Å². The lowest BCUT2D eigenvalue weighted by molar-refractivity contribution is -0.141. The molecule has 3 aromatic rings. The third kappa shape index (κ3) is 4.80. The summed E-state index contributed by atoms with van der Waals surface area (Å²) in [5, 5.41) is 0.545. The molecular weight excluding hydrogens is 455 g/mol. The number of halogens is 3. The Kier molecular flexibility index (Phi) is 6.29. The second-order valence-electron chi connectivity index (χ2n) is 7.80. The summed E-state index contributed by atoms with van der Waals surface area (Å²) in [4.78, 5) is 33.4. The molecule has 0 unspecified atom stereocenters. The molecule has 0 saturated carbocycles. The van der Waals surface area contributed by atoms with Crippen LogP contribution >= 0.6 is 11.3 Å². The fourth-order valence-corrected chi connectivity index (χ4v) is 4.98. The van der Waals surface area contributed by atoms with E-state index >= 15 is 0 Å². The van der Waals surface area contributed by atoms with Crippen LogP contribution in [0.15, 0.2) is 36.4 Å². The van der Waals surface area contributed by atoms with Gasteiger partial charge in [0.2, 0.25) is 5.91 Å². The zero-order valence-corrected chi connectivity index (χ0v) is 18.9. The Balaban J connectivity index is 1.42. The van der Waals surface area contributed by atoms with Crippen molar-refractivity contribution in [3.05, 3.63) is 58.1 Å². The summed E-state index contributed by atoms with van der Waals surface area (Å²) in [6, 6.07) is 9.63. The number of hydrogen-bond donors (Lipinski definition) is 0. The number of aromatic nitrogens is 1. The van der Waals surface area contributed by atoms with E-state index in [1.54, 1.807) is 23.8 Å². The predicted molar refractivity (Wildman–Crippen MR) is 119 cm³/mol. The van der Waals surface area contributed by atoms with Crippen LogP contribution in [0, 0.1) is 6.92 Å². The molecule has 1 aromatic carbocycles. The fraction of sp³-hybridized carbons (Fsp3) is 0.348. The number of carbonyl (C=O) groups excluding carboxylic acids is 2. The van der Waals surface area contributed by atoms with Crippen LogP contribution in [-0.4, -0.2) is 59.9 Å². The number of nitrogens with zero attached hydrogens (tertiary/aromatic N) is 3. The quantitative estimate of drug-likeness (QED) is 0.566. The minimum absolute atomic E-state index is 0.0303. The molecule has 1 aliphatic heterocycles. The first-order valence-electron chi connectivity index (χ1n) is 10.3. The van der Waals surface area contributed by atoms with Crippen LogP contribution in [0.1, 0.15) is 26.5 Å². The first-order chi connectivity index (χ1) is 15.7. The Hall–Kier alpha value is -3.14. The maximum absolute atomic E-state index is 13.1. The van der Waals surface area contributed by atoms with Crippen LogP contribution in [0.5, 0.6) is 5.75 Å². The lowest BCUT2D eigenvalue weighted by atomic mass is 10.1. The summed E-state index contributed by atoms with van der Waals surface area (Å²) in [5.41, 5.74) is 0.501. The Morgan fingerprint density at radius 2 is 1.79 bits per heavy atom. The number of benzene rings is 1. The zero-order chi connectivity index (χ0) is 23.8. The second-order valence-corrected chi connectivity index (χ2v) is 8.80. The number of ether oxygens (including phenoxy) is 1. The van der Waals surface area contributed by atoms with E-state index in [0.717, 1.165) is 23.0 Å². The Morgan fingerprint density at radius 3 is 2.45 bits per heavy atom. The molecule has 10 heteroatoms. The number of amides is 2. The van der Waals surface area contributed by atoms with E-state index in [4.69, 9.17) is 4.74 Å². The topological polar surface area (TPSA) is 62.7 Å². The van der Waals surface area contributed by atoms with Crippen LogP contribution in [0.25, 0.3) is 10.2 Å². The molecule has 0 spiro atoms. The SMILES string of the molecule is COc1cccc(CC(=O)N2CCN(C(=O)c3sc4nc(C(F)(F)F)ccc4c3C)CC2)c1. The summed E-state index contributed by atoms with van der Waals surface area (Å²) in [7, 11) is 1.57. The molecule has 1 saturated heterocycles. The van der Waals surface area contributed by atoms with Gasteiger partial charge in [0.15, 0.2) is 0 Å². The lowest BCUT2D eigenvalue weighted by Crippen LogP contribution is -2.50. The minimum atomic E-state index is -4.54. The smallest absolute Gasteiger partial charge is 0.433 e. The highest BCUT2D eigenvalue weighted by atomic mass is 32.1. The summed E-state index contributed by atoms with van der Waals surface area (Å²) >= 11 is 0.974. The minimum Gasteiger partial charge on any atom is -0.497 e. The van der Waals surface area contributed by atoms with Crippen molar-refractivity contribution in [2.75, 3.05) is 33.3 Å². The average Bonchev–Trinajstić information content (AvgIpc) is 3.14. The van der Waals surface area contributed by atoms with Gasteiger partial charge in [-0.15, -0.1) is 11.3 Å². The van der Waals surface area contributed by atoms with E-state index in [9.17, 15) is 22.8 Å². The number of alkyl halides is 3. The molecule has 1 fully saturated rings. The molecule has 4 rings (SSSR count). The number of methoxy groups -OCH3 is 1. The summed E-state index contributed by atoms with van der Waals surface area (Å²) in [6.45, 7) is 3.23. The molecule has 174 valence electrons. The molecule has 0 atom stereocenters. The molecule has 2 aromatic heterocycles. The second kappa shape index (κ2) is 9.01. The van der Waals surface area contributed by atoms with Gasteiger partial charge in [-0.2, -0.15) is 13.2 Å². The van der Waals surface area contributed by atoms with E-state index in [-0.39, 0.29) is 23.1 Å². The standard InChI is InChI=1S/C23H22F3N3O3S/c1-14-17-6-7-18(23(24,25)26)27-21(17)33-20(14)22(31)29-10-8-28(9-11-29)19(30)13-15-4-3-5-16(12-15)32-2/h3-7,12H,8-11,13H2,1-2H3. The van der Waals surface area contributed by atoms with E-state index in [0.29, 0.717) is 47.8 Å². The van der Waals surface area contributed by atoms with Crippen molar-refractivity contribution in [1.29, 1.82) is 0 Å². The van der Waals surface area contributed by atoms with Crippen molar-refractivity contribution in [2.24, 2.45) is 0 Å². The van der Waals surface area contributed by atoms with Crippen LogP contribution in [0.2, 0.25) is 0 Å². The van der Waals surface area contributed by atoms with Gasteiger partial charge in [-0.1, -0.05) is 12.1 Å². The number of pyridine rings is 1. The van der Waals surface area contributed by atoms with Gasteiger partial charge in [-0.25, -0.2) is 4.98 Å². The van der Waals surface area contributed by atoms with Gasteiger partial charge in [0, 0.05) is 31.6 Å². The largest absolute Gasteiger partial charge is 0.497 e. The molecule has 6 nitrogen and oxygen atoms in total. The predicted octanol–water partition coefficient (Wildman–Crippen LogP) is 4.16. The van der Waals surface area contributed by atoms with Crippen LogP contribution in [0.4, 0.5) is 13.2 Å². The molecule has 0 N–H and O–H groups in total. The molecule has 33 heavy (non-hydrogen) atoms.